The minimum atomic E-state index is -0.540. The van der Waals surface area contributed by atoms with Crippen molar-refractivity contribution in [2.75, 3.05) is 5.73 Å². The van der Waals surface area contributed by atoms with E-state index in [2.05, 4.69) is 9.97 Å². The fourth-order valence-electron chi connectivity index (χ4n) is 1.21. The monoisotopic (exact) mass is 232 g/mol. The smallest absolute Gasteiger partial charge is 0.311 e. The quantitative estimate of drug-likeness (QED) is 0.638. The van der Waals surface area contributed by atoms with Crippen LogP contribution in [0.3, 0.4) is 0 Å². The van der Waals surface area contributed by atoms with E-state index >= 15 is 0 Å². The maximum atomic E-state index is 10.8. The van der Waals surface area contributed by atoms with Crippen molar-refractivity contribution in [1.29, 1.82) is 0 Å². The number of hydrogen-bond donors (Lipinski definition) is 1. The van der Waals surface area contributed by atoms with E-state index in [1.165, 1.54) is 24.5 Å². The molecule has 2 aromatic rings. The van der Waals surface area contributed by atoms with E-state index in [9.17, 15) is 10.1 Å². The van der Waals surface area contributed by atoms with Crippen molar-refractivity contribution in [3.05, 3.63) is 46.8 Å². The van der Waals surface area contributed by atoms with Crippen molar-refractivity contribution < 1.29 is 9.66 Å². The number of para-hydroxylation sites is 2. The predicted molar refractivity (Wildman–Crippen MR) is 59.6 cm³/mol. The van der Waals surface area contributed by atoms with Gasteiger partial charge in [-0.2, -0.15) is 0 Å². The van der Waals surface area contributed by atoms with E-state index in [1.54, 1.807) is 12.1 Å². The Hall–Kier alpha value is -2.70. The molecule has 1 heterocycles. The zero-order valence-electron chi connectivity index (χ0n) is 8.61. The van der Waals surface area contributed by atoms with Gasteiger partial charge in [0.1, 0.15) is 0 Å². The van der Waals surface area contributed by atoms with E-state index in [0.717, 1.165) is 0 Å². The zero-order valence-corrected chi connectivity index (χ0v) is 8.61. The Balaban J connectivity index is 2.37. The molecule has 7 nitrogen and oxygen atoms in total. The van der Waals surface area contributed by atoms with Crippen LogP contribution < -0.4 is 10.5 Å². The summed E-state index contributed by atoms with van der Waals surface area (Å²) in [5.74, 6) is 0.192. The highest BCUT2D eigenvalue weighted by Crippen LogP contribution is 2.31. The van der Waals surface area contributed by atoms with Crippen LogP contribution in [0.2, 0.25) is 0 Å². The van der Waals surface area contributed by atoms with Crippen LogP contribution in [0.15, 0.2) is 36.7 Å². The third-order valence-corrected chi connectivity index (χ3v) is 1.96. The van der Waals surface area contributed by atoms with Crippen molar-refractivity contribution in [3.63, 3.8) is 0 Å². The summed E-state index contributed by atoms with van der Waals surface area (Å²) in [6, 6.07) is 5.97. The minimum Gasteiger partial charge on any atom is -0.429 e. The first kappa shape index (κ1) is 10.8. The molecule has 2 N–H and O–H groups in total. The van der Waals surface area contributed by atoms with Crippen molar-refractivity contribution in [3.8, 4) is 11.6 Å². The molecular formula is C10H8N4O3. The summed E-state index contributed by atoms with van der Waals surface area (Å²) in [5.41, 5.74) is 5.37. The Morgan fingerprint density at radius 2 is 1.94 bits per heavy atom. The highest BCUT2D eigenvalue weighted by Gasteiger charge is 2.16. The van der Waals surface area contributed by atoms with E-state index in [0.29, 0.717) is 0 Å². The second-order valence-corrected chi connectivity index (χ2v) is 3.07. The molecule has 0 radical (unpaired) electrons. The summed E-state index contributed by atoms with van der Waals surface area (Å²) >= 11 is 0. The van der Waals surface area contributed by atoms with Crippen LogP contribution in [-0.4, -0.2) is 14.9 Å². The largest absolute Gasteiger partial charge is 0.429 e. The van der Waals surface area contributed by atoms with Crippen LogP contribution in [0.25, 0.3) is 0 Å². The van der Waals surface area contributed by atoms with Crippen LogP contribution in [0.4, 0.5) is 11.5 Å². The Morgan fingerprint density at radius 1 is 1.24 bits per heavy atom. The lowest BCUT2D eigenvalue weighted by Crippen LogP contribution is -1.99. The topological polar surface area (TPSA) is 104 Å². The first-order chi connectivity index (χ1) is 8.18. The molecule has 2 rings (SSSR count). The predicted octanol–water partition coefficient (Wildman–Crippen LogP) is 1.76. The van der Waals surface area contributed by atoms with Gasteiger partial charge in [0.25, 0.3) is 5.88 Å². The first-order valence-corrected chi connectivity index (χ1v) is 4.66. The summed E-state index contributed by atoms with van der Waals surface area (Å²) in [6.07, 6.45) is 2.79. The number of benzene rings is 1. The molecule has 0 aliphatic heterocycles. The maximum Gasteiger partial charge on any atom is 0.311 e. The molecule has 1 aromatic heterocycles. The molecule has 86 valence electrons. The lowest BCUT2D eigenvalue weighted by Gasteiger charge is -2.05. The Bertz CT molecular complexity index is 559. The van der Waals surface area contributed by atoms with Crippen LogP contribution in [0.1, 0.15) is 0 Å². The second kappa shape index (κ2) is 4.44. The number of anilines is 1. The number of ether oxygens (including phenoxy) is 1. The lowest BCUT2D eigenvalue weighted by atomic mass is 10.3. The van der Waals surface area contributed by atoms with Gasteiger partial charge in [-0.25, -0.2) is 9.97 Å². The average Bonchev–Trinajstić information content (AvgIpc) is 2.32. The van der Waals surface area contributed by atoms with Crippen molar-refractivity contribution in [1.82, 2.24) is 9.97 Å². The minimum absolute atomic E-state index is 0.0433. The summed E-state index contributed by atoms with van der Waals surface area (Å²) in [4.78, 5) is 17.8. The molecule has 0 fully saturated rings. The highest BCUT2D eigenvalue weighted by molar-refractivity contribution is 5.50. The summed E-state index contributed by atoms with van der Waals surface area (Å²) in [5, 5.41) is 10.8. The molecule has 0 atom stereocenters. The molecule has 0 aliphatic rings. The number of nitrogens with zero attached hydrogens (tertiary/aromatic N) is 3. The molecule has 7 heteroatoms. The van der Waals surface area contributed by atoms with E-state index < -0.39 is 4.92 Å². The molecule has 0 saturated heterocycles. The van der Waals surface area contributed by atoms with Crippen molar-refractivity contribution in [2.45, 2.75) is 0 Å². The third-order valence-electron chi connectivity index (χ3n) is 1.96. The number of nitro benzene ring substituents is 1. The Labute approximate surface area is 96.0 Å². The summed E-state index contributed by atoms with van der Waals surface area (Å²) in [6.45, 7) is 0. The molecule has 0 bridgehead atoms. The fourth-order valence-corrected chi connectivity index (χ4v) is 1.21. The number of hydrogen-bond acceptors (Lipinski definition) is 6. The van der Waals surface area contributed by atoms with Gasteiger partial charge in [-0.15, -0.1) is 0 Å². The molecule has 0 spiro atoms. The van der Waals surface area contributed by atoms with Gasteiger partial charge < -0.3 is 10.5 Å². The van der Waals surface area contributed by atoms with Crippen LogP contribution >= 0.6 is 0 Å². The van der Waals surface area contributed by atoms with E-state index in [4.69, 9.17) is 10.5 Å². The fraction of sp³-hybridized carbons (Fsp3) is 0. The summed E-state index contributed by atoms with van der Waals surface area (Å²) in [7, 11) is 0. The standard InChI is InChI=1S/C10H8N4O3/c11-9-10(13-6-5-12-9)17-8-4-2-1-3-7(8)14(15)16/h1-6H,(H2,11,12). The maximum absolute atomic E-state index is 10.8. The SMILES string of the molecule is Nc1nccnc1Oc1ccccc1[N+](=O)[O-]. The molecule has 1 aromatic carbocycles. The van der Waals surface area contributed by atoms with Gasteiger partial charge in [0.05, 0.1) is 4.92 Å². The number of aromatic nitrogens is 2. The molecule has 0 saturated carbocycles. The Morgan fingerprint density at radius 3 is 2.65 bits per heavy atom. The number of nitrogens with two attached hydrogens (primary N) is 1. The molecule has 17 heavy (non-hydrogen) atoms. The molecule has 0 amide bonds. The van der Waals surface area contributed by atoms with Gasteiger partial charge in [0, 0.05) is 18.5 Å². The van der Waals surface area contributed by atoms with Gasteiger partial charge >= 0.3 is 5.69 Å². The second-order valence-electron chi connectivity index (χ2n) is 3.07. The van der Waals surface area contributed by atoms with E-state index in [1.807, 2.05) is 0 Å². The Kier molecular flexibility index (Phi) is 2.82. The van der Waals surface area contributed by atoms with Gasteiger partial charge in [0.2, 0.25) is 5.75 Å². The van der Waals surface area contributed by atoms with Crippen LogP contribution in [0.5, 0.6) is 11.6 Å². The molecular weight excluding hydrogens is 224 g/mol. The van der Waals surface area contributed by atoms with Crippen LogP contribution in [0, 0.1) is 10.1 Å². The van der Waals surface area contributed by atoms with Crippen molar-refractivity contribution in [2.24, 2.45) is 0 Å². The van der Waals surface area contributed by atoms with Gasteiger partial charge in [-0.05, 0) is 6.07 Å². The normalized spacial score (nSPS) is 9.88. The average molecular weight is 232 g/mol. The van der Waals surface area contributed by atoms with E-state index in [-0.39, 0.29) is 23.1 Å². The third kappa shape index (κ3) is 2.28. The number of rotatable bonds is 3. The first-order valence-electron chi connectivity index (χ1n) is 4.66. The zero-order chi connectivity index (χ0) is 12.3. The number of nitrogen functional groups attached to an aromatic ring is 1. The number of nitro groups is 1. The van der Waals surface area contributed by atoms with Gasteiger partial charge in [-0.3, -0.25) is 10.1 Å². The summed E-state index contributed by atoms with van der Waals surface area (Å²) < 4.78 is 5.26. The highest BCUT2D eigenvalue weighted by atomic mass is 16.6. The molecule has 0 aliphatic carbocycles. The van der Waals surface area contributed by atoms with Crippen LogP contribution in [-0.2, 0) is 0 Å². The van der Waals surface area contributed by atoms with Gasteiger partial charge in [0.15, 0.2) is 5.82 Å². The lowest BCUT2D eigenvalue weighted by molar-refractivity contribution is -0.385. The molecule has 0 unspecified atom stereocenters. The van der Waals surface area contributed by atoms with Crippen molar-refractivity contribution >= 4 is 11.5 Å². The van der Waals surface area contributed by atoms with Gasteiger partial charge in [-0.1, -0.05) is 12.1 Å².